The maximum Gasteiger partial charge on any atom is 0.268 e. The van der Waals surface area contributed by atoms with E-state index in [9.17, 15) is 18.0 Å². The van der Waals surface area contributed by atoms with Crippen LogP contribution >= 0.6 is 11.3 Å². The number of sulfone groups is 1. The normalized spacial score (nSPS) is 19.6. The minimum Gasteiger partial charge on any atom is -0.335 e. The molecule has 3 heterocycles. The van der Waals surface area contributed by atoms with Gasteiger partial charge in [-0.1, -0.05) is 6.92 Å². The Morgan fingerprint density at radius 3 is 2.96 bits per heavy atom. The van der Waals surface area contributed by atoms with E-state index in [1.54, 1.807) is 16.3 Å². The van der Waals surface area contributed by atoms with Crippen LogP contribution in [0.5, 0.6) is 0 Å². The number of hydrogen-bond donors (Lipinski definition) is 1. The summed E-state index contributed by atoms with van der Waals surface area (Å²) in [5.41, 5.74) is 0.406. The van der Waals surface area contributed by atoms with Crippen molar-refractivity contribution in [3.8, 4) is 0 Å². The number of rotatable bonds is 5. The van der Waals surface area contributed by atoms with Crippen molar-refractivity contribution in [1.82, 2.24) is 14.9 Å². The van der Waals surface area contributed by atoms with Crippen LogP contribution in [0.25, 0.3) is 10.2 Å². The van der Waals surface area contributed by atoms with Crippen molar-refractivity contribution in [1.29, 1.82) is 0 Å². The van der Waals surface area contributed by atoms with E-state index in [0.29, 0.717) is 29.0 Å². The fourth-order valence-corrected chi connectivity index (χ4v) is 5.42. The summed E-state index contributed by atoms with van der Waals surface area (Å²) in [6.07, 6.45) is 1.12. The molecule has 7 nitrogen and oxygen atoms in total. The van der Waals surface area contributed by atoms with E-state index in [1.165, 1.54) is 11.3 Å². The topological polar surface area (TPSA) is 100 Å². The standard InChI is InChI=1S/C15H19N3O4S2/c1-2-5-18(15(20)10-4-7-24(21,22)9-10)8-12-16-11-3-6-23-13(11)14(19)17-12/h3,6,10H,2,4-5,7-9H2,1H3,(H,16,17,19)/t10-/m1/s1. The van der Waals surface area contributed by atoms with Gasteiger partial charge >= 0.3 is 0 Å². The van der Waals surface area contributed by atoms with Gasteiger partial charge in [0.2, 0.25) is 5.91 Å². The maximum atomic E-state index is 12.7. The highest BCUT2D eigenvalue weighted by molar-refractivity contribution is 7.91. The summed E-state index contributed by atoms with van der Waals surface area (Å²) >= 11 is 1.32. The highest BCUT2D eigenvalue weighted by atomic mass is 32.2. The molecule has 0 saturated carbocycles. The fourth-order valence-electron chi connectivity index (χ4n) is 2.96. The van der Waals surface area contributed by atoms with Crippen molar-refractivity contribution < 1.29 is 13.2 Å². The molecule has 0 aromatic carbocycles. The minimum absolute atomic E-state index is 0.0688. The fraction of sp³-hybridized carbons (Fsp3) is 0.533. The van der Waals surface area contributed by atoms with Gasteiger partial charge < -0.3 is 9.88 Å². The van der Waals surface area contributed by atoms with Crippen LogP contribution in [0, 0.1) is 5.92 Å². The molecule has 1 atom stereocenters. The Hall–Kier alpha value is -1.74. The summed E-state index contributed by atoms with van der Waals surface area (Å²) in [7, 11) is -3.11. The first-order valence-electron chi connectivity index (χ1n) is 7.85. The molecule has 1 aliphatic heterocycles. The Bertz CT molecular complexity index is 916. The summed E-state index contributed by atoms with van der Waals surface area (Å²) in [6.45, 7) is 2.63. The van der Waals surface area contributed by atoms with Gasteiger partial charge in [0, 0.05) is 6.54 Å². The van der Waals surface area contributed by atoms with Crippen LogP contribution in [-0.2, 0) is 21.2 Å². The lowest BCUT2D eigenvalue weighted by molar-refractivity contribution is -0.135. The van der Waals surface area contributed by atoms with Crippen LogP contribution in [-0.4, -0.2) is 47.2 Å². The van der Waals surface area contributed by atoms with E-state index in [-0.39, 0.29) is 29.5 Å². The number of aromatic amines is 1. The second-order valence-corrected chi connectivity index (χ2v) is 9.15. The van der Waals surface area contributed by atoms with Crippen molar-refractivity contribution in [2.45, 2.75) is 26.3 Å². The monoisotopic (exact) mass is 369 g/mol. The number of carbonyl (C=O) groups is 1. The number of hydrogen-bond acceptors (Lipinski definition) is 6. The van der Waals surface area contributed by atoms with Crippen LogP contribution in [0.1, 0.15) is 25.6 Å². The van der Waals surface area contributed by atoms with Crippen LogP contribution in [0.4, 0.5) is 0 Å². The third-order valence-corrected chi connectivity index (χ3v) is 6.76. The molecule has 2 aromatic heterocycles. The zero-order valence-electron chi connectivity index (χ0n) is 13.3. The number of nitrogens with zero attached hydrogens (tertiary/aromatic N) is 2. The SMILES string of the molecule is CCCN(Cc1nc2ccsc2c(=O)[nH]1)C(=O)[C@@H]1CCS(=O)(=O)C1. The molecule has 0 aliphatic carbocycles. The summed E-state index contributed by atoms with van der Waals surface area (Å²) < 4.78 is 23.8. The third kappa shape index (κ3) is 3.51. The smallest absolute Gasteiger partial charge is 0.268 e. The lowest BCUT2D eigenvalue weighted by atomic mass is 10.1. The lowest BCUT2D eigenvalue weighted by Crippen LogP contribution is -2.37. The van der Waals surface area contributed by atoms with Gasteiger partial charge in [0.1, 0.15) is 10.5 Å². The number of amides is 1. The second kappa shape index (κ2) is 6.64. The maximum absolute atomic E-state index is 12.7. The Balaban J connectivity index is 1.82. The molecular formula is C15H19N3O4S2. The molecule has 0 radical (unpaired) electrons. The zero-order chi connectivity index (χ0) is 17.3. The molecule has 1 N–H and O–H groups in total. The van der Waals surface area contributed by atoms with E-state index in [1.807, 2.05) is 6.92 Å². The molecule has 9 heteroatoms. The number of fused-ring (bicyclic) bond motifs is 1. The predicted octanol–water partition coefficient (Wildman–Crippen LogP) is 1.16. The molecule has 24 heavy (non-hydrogen) atoms. The van der Waals surface area contributed by atoms with Crippen molar-refractivity contribution >= 4 is 37.3 Å². The van der Waals surface area contributed by atoms with Gasteiger partial charge in [-0.25, -0.2) is 13.4 Å². The highest BCUT2D eigenvalue weighted by Crippen LogP contribution is 2.22. The zero-order valence-corrected chi connectivity index (χ0v) is 15.0. The van der Waals surface area contributed by atoms with E-state index in [2.05, 4.69) is 9.97 Å². The Labute approximate surface area is 143 Å². The number of thiophene rings is 1. The van der Waals surface area contributed by atoms with Crippen LogP contribution in [0.3, 0.4) is 0 Å². The molecule has 130 valence electrons. The summed E-state index contributed by atoms with van der Waals surface area (Å²) in [6, 6.07) is 1.77. The molecule has 1 fully saturated rings. The first kappa shape index (κ1) is 17.1. The summed E-state index contributed by atoms with van der Waals surface area (Å²) in [5, 5.41) is 1.80. The number of aromatic nitrogens is 2. The number of H-pyrrole nitrogens is 1. The molecule has 1 saturated heterocycles. The van der Waals surface area contributed by atoms with E-state index >= 15 is 0 Å². The Kier molecular flexibility index (Phi) is 4.73. The van der Waals surface area contributed by atoms with Gasteiger partial charge in [-0.05, 0) is 24.3 Å². The lowest BCUT2D eigenvalue weighted by Gasteiger charge is -2.24. The van der Waals surface area contributed by atoms with Gasteiger partial charge in [0.05, 0.1) is 29.5 Å². The van der Waals surface area contributed by atoms with Crippen molar-refractivity contribution in [2.24, 2.45) is 5.92 Å². The number of nitrogens with one attached hydrogen (secondary N) is 1. The van der Waals surface area contributed by atoms with Crippen LogP contribution in [0.2, 0.25) is 0 Å². The summed E-state index contributed by atoms with van der Waals surface area (Å²) in [5.74, 6) is -0.253. The van der Waals surface area contributed by atoms with Gasteiger partial charge in [-0.2, -0.15) is 0 Å². The van der Waals surface area contributed by atoms with Crippen molar-refractivity contribution in [3.63, 3.8) is 0 Å². The van der Waals surface area contributed by atoms with Crippen LogP contribution in [0.15, 0.2) is 16.2 Å². The first-order chi connectivity index (χ1) is 11.4. The molecule has 2 aromatic rings. The van der Waals surface area contributed by atoms with Crippen molar-refractivity contribution in [3.05, 3.63) is 27.6 Å². The molecule has 1 amide bonds. The highest BCUT2D eigenvalue weighted by Gasteiger charge is 2.35. The summed E-state index contributed by atoms with van der Waals surface area (Å²) in [4.78, 5) is 33.4. The van der Waals surface area contributed by atoms with E-state index < -0.39 is 15.8 Å². The predicted molar refractivity (Wildman–Crippen MR) is 92.7 cm³/mol. The van der Waals surface area contributed by atoms with E-state index in [0.717, 1.165) is 6.42 Å². The first-order valence-corrected chi connectivity index (χ1v) is 10.6. The van der Waals surface area contributed by atoms with Gasteiger partial charge in [0.25, 0.3) is 5.56 Å². The third-order valence-electron chi connectivity index (χ3n) is 4.09. The Morgan fingerprint density at radius 2 is 2.29 bits per heavy atom. The van der Waals surface area contributed by atoms with Gasteiger partial charge in [-0.3, -0.25) is 9.59 Å². The largest absolute Gasteiger partial charge is 0.335 e. The molecule has 0 unspecified atom stereocenters. The minimum atomic E-state index is -3.11. The molecule has 3 rings (SSSR count). The molecule has 0 spiro atoms. The van der Waals surface area contributed by atoms with E-state index in [4.69, 9.17) is 0 Å². The average molecular weight is 369 g/mol. The van der Waals surface area contributed by atoms with Crippen molar-refractivity contribution in [2.75, 3.05) is 18.1 Å². The quantitative estimate of drug-likeness (QED) is 0.852. The Morgan fingerprint density at radius 1 is 1.50 bits per heavy atom. The second-order valence-electron chi connectivity index (χ2n) is 6.01. The number of carbonyl (C=O) groups excluding carboxylic acids is 1. The molecular weight excluding hydrogens is 350 g/mol. The molecule has 1 aliphatic rings. The van der Waals surface area contributed by atoms with Crippen LogP contribution < -0.4 is 5.56 Å². The van der Waals surface area contributed by atoms with Gasteiger partial charge in [-0.15, -0.1) is 11.3 Å². The van der Waals surface area contributed by atoms with Gasteiger partial charge in [0.15, 0.2) is 9.84 Å². The average Bonchev–Trinajstić information content (AvgIpc) is 3.12. The molecule has 0 bridgehead atoms.